The number of halogens is 1. The first-order valence-electron chi connectivity index (χ1n) is 6.53. The van der Waals surface area contributed by atoms with E-state index in [1.54, 1.807) is 5.38 Å². The Hall–Kier alpha value is -2.74. The fraction of sp³-hybridized carbons (Fsp3) is 0.133. The fourth-order valence-electron chi connectivity index (χ4n) is 1.71. The number of nitrogens with one attached hydrogen (secondary N) is 1. The predicted octanol–water partition coefficient (Wildman–Crippen LogP) is 2.17. The summed E-state index contributed by atoms with van der Waals surface area (Å²) in [5.74, 6) is -2.71. The van der Waals surface area contributed by atoms with E-state index in [1.165, 1.54) is 31.2 Å². The lowest BCUT2D eigenvalue weighted by Gasteiger charge is -2.13. The number of esters is 1. The molecule has 2 rings (SSSR count). The summed E-state index contributed by atoms with van der Waals surface area (Å²) < 4.78 is 18.0. The molecule has 2 aromatic rings. The van der Waals surface area contributed by atoms with Gasteiger partial charge in [-0.2, -0.15) is 0 Å². The van der Waals surface area contributed by atoms with E-state index in [1.807, 2.05) is 0 Å². The summed E-state index contributed by atoms with van der Waals surface area (Å²) in [4.78, 5) is 35.0. The zero-order valence-electron chi connectivity index (χ0n) is 12.0. The number of hydrogen-bond acceptors (Lipinski definition) is 5. The van der Waals surface area contributed by atoms with Crippen LogP contribution in [0.5, 0.6) is 0 Å². The van der Waals surface area contributed by atoms with Crippen LogP contribution in [-0.4, -0.2) is 23.9 Å². The zero-order chi connectivity index (χ0) is 17.0. The van der Waals surface area contributed by atoms with Crippen molar-refractivity contribution in [2.75, 3.05) is 5.32 Å². The molecule has 0 saturated heterocycles. The number of primary amides is 1. The first-order chi connectivity index (χ1) is 10.9. The minimum absolute atomic E-state index is 0.00130. The van der Waals surface area contributed by atoms with Crippen LogP contribution in [0.2, 0.25) is 0 Å². The zero-order valence-corrected chi connectivity index (χ0v) is 12.9. The number of amides is 2. The number of carbonyl (C=O) groups is 3. The number of anilines is 1. The maximum atomic E-state index is 13.1. The molecule has 1 aromatic heterocycles. The molecule has 2 amide bonds. The van der Waals surface area contributed by atoms with Crippen molar-refractivity contribution in [1.29, 1.82) is 0 Å². The van der Waals surface area contributed by atoms with E-state index in [2.05, 4.69) is 5.32 Å². The lowest BCUT2D eigenvalue weighted by molar-refractivity contribution is -0.123. The van der Waals surface area contributed by atoms with Gasteiger partial charge in [0.15, 0.2) is 6.10 Å². The molecule has 1 aromatic carbocycles. The van der Waals surface area contributed by atoms with Crippen LogP contribution in [0.25, 0.3) is 0 Å². The number of rotatable bonds is 5. The van der Waals surface area contributed by atoms with E-state index in [9.17, 15) is 18.8 Å². The van der Waals surface area contributed by atoms with Gasteiger partial charge in [0.25, 0.3) is 11.8 Å². The first-order valence-corrected chi connectivity index (χ1v) is 7.41. The molecule has 0 aliphatic rings. The highest BCUT2D eigenvalue weighted by molar-refractivity contribution is 7.14. The van der Waals surface area contributed by atoms with Crippen LogP contribution in [0.3, 0.4) is 0 Å². The molecule has 0 spiro atoms. The third kappa shape index (κ3) is 4.13. The molecule has 0 fully saturated rings. The van der Waals surface area contributed by atoms with Gasteiger partial charge in [-0.15, -0.1) is 11.3 Å². The van der Waals surface area contributed by atoms with Gasteiger partial charge in [0.1, 0.15) is 10.8 Å². The Bertz CT molecular complexity index is 759. The van der Waals surface area contributed by atoms with Crippen molar-refractivity contribution >= 4 is 34.1 Å². The quantitative estimate of drug-likeness (QED) is 0.818. The molecule has 0 saturated carbocycles. The first kappa shape index (κ1) is 16.6. The molecule has 1 atom stereocenters. The number of benzene rings is 1. The molecule has 8 heteroatoms. The van der Waals surface area contributed by atoms with Gasteiger partial charge in [-0.3, -0.25) is 9.59 Å². The molecule has 120 valence electrons. The van der Waals surface area contributed by atoms with Crippen LogP contribution < -0.4 is 11.1 Å². The molecule has 0 aliphatic carbocycles. The molecule has 6 nitrogen and oxygen atoms in total. The second-order valence-corrected chi connectivity index (χ2v) is 5.49. The average Bonchev–Trinajstić information content (AvgIpc) is 2.95. The average molecular weight is 336 g/mol. The minimum Gasteiger partial charge on any atom is -0.449 e. The molecule has 1 heterocycles. The van der Waals surface area contributed by atoms with Crippen LogP contribution in [0.4, 0.5) is 9.39 Å². The van der Waals surface area contributed by atoms with Crippen molar-refractivity contribution < 1.29 is 23.5 Å². The molecular weight excluding hydrogens is 323 g/mol. The molecule has 0 bridgehead atoms. The lowest BCUT2D eigenvalue weighted by atomic mass is 10.2. The van der Waals surface area contributed by atoms with Crippen molar-refractivity contribution in [3.63, 3.8) is 0 Å². The summed E-state index contributed by atoms with van der Waals surface area (Å²) in [5.41, 5.74) is 5.35. The summed E-state index contributed by atoms with van der Waals surface area (Å²) in [6.07, 6.45) is -1.13. The van der Waals surface area contributed by atoms with E-state index in [4.69, 9.17) is 10.5 Å². The Balaban J connectivity index is 2.01. The van der Waals surface area contributed by atoms with Crippen molar-refractivity contribution in [3.8, 4) is 0 Å². The number of carbonyl (C=O) groups excluding carboxylic acids is 3. The molecule has 0 unspecified atom stereocenters. The summed E-state index contributed by atoms with van der Waals surface area (Å²) in [6.45, 7) is 1.37. The van der Waals surface area contributed by atoms with Crippen LogP contribution in [-0.2, 0) is 9.53 Å². The monoisotopic (exact) mass is 336 g/mol. The molecule has 0 aliphatic heterocycles. The molecule has 3 N–H and O–H groups in total. The normalized spacial score (nSPS) is 11.6. The van der Waals surface area contributed by atoms with Gasteiger partial charge < -0.3 is 15.8 Å². The Morgan fingerprint density at radius 2 is 2.04 bits per heavy atom. The van der Waals surface area contributed by atoms with Gasteiger partial charge in [0.2, 0.25) is 0 Å². The summed E-state index contributed by atoms with van der Waals surface area (Å²) >= 11 is 1.12. The van der Waals surface area contributed by atoms with Gasteiger partial charge >= 0.3 is 5.97 Å². The summed E-state index contributed by atoms with van der Waals surface area (Å²) in [6, 6.07) is 6.42. The Morgan fingerprint density at radius 1 is 1.30 bits per heavy atom. The largest absolute Gasteiger partial charge is 0.449 e. The van der Waals surface area contributed by atoms with E-state index < -0.39 is 29.7 Å². The Labute approximate surface area is 135 Å². The highest BCUT2D eigenvalue weighted by Crippen LogP contribution is 2.23. The van der Waals surface area contributed by atoms with Crippen molar-refractivity contribution in [3.05, 3.63) is 52.7 Å². The van der Waals surface area contributed by atoms with Crippen molar-refractivity contribution in [2.45, 2.75) is 13.0 Å². The predicted molar refractivity (Wildman–Crippen MR) is 82.7 cm³/mol. The minimum atomic E-state index is -1.13. The highest BCUT2D eigenvalue weighted by Gasteiger charge is 2.21. The maximum Gasteiger partial charge on any atom is 0.339 e. The number of ether oxygens (including phenoxy) is 1. The number of thiophene rings is 1. The number of hydrogen-bond donors (Lipinski definition) is 2. The van der Waals surface area contributed by atoms with Gasteiger partial charge in [-0.1, -0.05) is 6.07 Å². The Morgan fingerprint density at radius 3 is 2.70 bits per heavy atom. The summed E-state index contributed by atoms with van der Waals surface area (Å²) in [7, 11) is 0. The van der Waals surface area contributed by atoms with Crippen molar-refractivity contribution in [1.82, 2.24) is 0 Å². The van der Waals surface area contributed by atoms with Crippen molar-refractivity contribution in [2.24, 2.45) is 5.73 Å². The number of nitrogens with two attached hydrogens (primary N) is 1. The molecule has 23 heavy (non-hydrogen) atoms. The SMILES string of the molecule is C[C@H](OC(=O)c1cccc(F)c1)C(=O)Nc1sccc1C(N)=O. The molecule has 0 radical (unpaired) electrons. The van der Waals surface area contributed by atoms with Gasteiger partial charge in [-0.05, 0) is 36.6 Å². The highest BCUT2D eigenvalue weighted by atomic mass is 32.1. The van der Waals surface area contributed by atoms with Gasteiger partial charge in [0, 0.05) is 0 Å². The third-order valence-electron chi connectivity index (χ3n) is 2.88. The van der Waals surface area contributed by atoms with Crippen LogP contribution in [0.1, 0.15) is 27.6 Å². The van der Waals surface area contributed by atoms with E-state index >= 15 is 0 Å². The van der Waals surface area contributed by atoms with Crippen LogP contribution >= 0.6 is 11.3 Å². The van der Waals surface area contributed by atoms with E-state index in [-0.39, 0.29) is 16.1 Å². The Kier molecular flexibility index (Phi) is 5.07. The van der Waals surface area contributed by atoms with Crippen LogP contribution in [0, 0.1) is 5.82 Å². The lowest BCUT2D eigenvalue weighted by Crippen LogP contribution is -2.30. The summed E-state index contributed by atoms with van der Waals surface area (Å²) in [5, 5.41) is 4.34. The standard InChI is InChI=1S/C15H13FN2O4S/c1-8(22-15(21)9-3-2-4-10(16)7-9)13(20)18-14-11(12(17)19)5-6-23-14/h2-8H,1H3,(H2,17,19)(H,18,20)/t8-/m0/s1. The van der Waals surface area contributed by atoms with Gasteiger partial charge in [0.05, 0.1) is 11.1 Å². The van der Waals surface area contributed by atoms with Crippen LogP contribution in [0.15, 0.2) is 35.7 Å². The third-order valence-corrected chi connectivity index (χ3v) is 3.71. The molecular formula is C15H13FN2O4S. The van der Waals surface area contributed by atoms with Gasteiger partial charge in [-0.25, -0.2) is 9.18 Å². The van der Waals surface area contributed by atoms with E-state index in [0.29, 0.717) is 0 Å². The second-order valence-electron chi connectivity index (χ2n) is 4.57. The van der Waals surface area contributed by atoms with E-state index in [0.717, 1.165) is 17.4 Å². The fourth-order valence-corrected chi connectivity index (χ4v) is 2.51. The topological polar surface area (TPSA) is 98.5 Å². The second kappa shape index (κ2) is 7.01. The maximum absolute atomic E-state index is 13.1. The smallest absolute Gasteiger partial charge is 0.339 e.